The number of carbonyl (C=O) groups excluding carboxylic acids is 1. The fourth-order valence-corrected chi connectivity index (χ4v) is 2.51. The van der Waals surface area contributed by atoms with Crippen LogP contribution in [0.4, 0.5) is 0 Å². The van der Waals surface area contributed by atoms with E-state index in [9.17, 15) is 4.79 Å². The monoisotopic (exact) mass is 275 g/mol. The van der Waals surface area contributed by atoms with Crippen LogP contribution in [-0.4, -0.2) is 38.7 Å². The second kappa shape index (κ2) is 6.57. The molecule has 0 spiro atoms. The van der Waals surface area contributed by atoms with E-state index in [0.29, 0.717) is 6.42 Å². The maximum Gasteiger partial charge on any atom is 0.309 e. The molecule has 1 unspecified atom stereocenters. The number of hydrogen-bond acceptors (Lipinski definition) is 4. The summed E-state index contributed by atoms with van der Waals surface area (Å²) in [7, 11) is 5.19. The summed E-state index contributed by atoms with van der Waals surface area (Å²) in [5, 5.41) is 0. The Morgan fingerprint density at radius 3 is 2.90 bits per heavy atom. The molecule has 0 saturated heterocycles. The van der Waals surface area contributed by atoms with Crippen molar-refractivity contribution in [3.05, 3.63) is 41.5 Å². The third-order valence-corrected chi connectivity index (χ3v) is 3.73. The molecule has 0 aliphatic carbocycles. The normalized spacial score (nSPS) is 19.4. The molecule has 0 N–H and O–H groups in total. The Morgan fingerprint density at radius 2 is 2.20 bits per heavy atom. The Kier molecular flexibility index (Phi) is 4.79. The summed E-state index contributed by atoms with van der Waals surface area (Å²) in [5.41, 5.74) is 2.35. The van der Waals surface area contributed by atoms with Gasteiger partial charge in [0, 0.05) is 12.6 Å². The number of ether oxygens (including phenoxy) is 2. The van der Waals surface area contributed by atoms with E-state index in [-0.39, 0.29) is 12.0 Å². The molecule has 1 aliphatic rings. The van der Waals surface area contributed by atoms with Gasteiger partial charge in [0.2, 0.25) is 0 Å². The Balaban J connectivity index is 2.15. The Hall–Kier alpha value is -1.81. The summed E-state index contributed by atoms with van der Waals surface area (Å²) in [6.07, 6.45) is 3.34. The van der Waals surface area contributed by atoms with Crippen molar-refractivity contribution >= 4 is 5.97 Å². The number of nitrogens with zero attached hydrogens (tertiary/aromatic N) is 1. The lowest BCUT2D eigenvalue weighted by Gasteiger charge is -2.32. The summed E-state index contributed by atoms with van der Waals surface area (Å²) in [6, 6.07) is 8.37. The van der Waals surface area contributed by atoms with Crippen molar-refractivity contribution in [1.82, 2.24) is 4.90 Å². The van der Waals surface area contributed by atoms with Gasteiger partial charge in [-0.15, -0.1) is 0 Å². The van der Waals surface area contributed by atoms with Crippen LogP contribution in [0.15, 0.2) is 35.9 Å². The molecule has 0 aromatic heterocycles. The van der Waals surface area contributed by atoms with Gasteiger partial charge in [-0.05, 0) is 31.2 Å². The van der Waals surface area contributed by atoms with Crippen LogP contribution in [0.5, 0.6) is 5.75 Å². The smallest absolute Gasteiger partial charge is 0.309 e. The average Bonchev–Trinajstić information content (AvgIpc) is 2.49. The van der Waals surface area contributed by atoms with Gasteiger partial charge in [-0.2, -0.15) is 0 Å². The van der Waals surface area contributed by atoms with E-state index in [4.69, 9.17) is 9.47 Å². The van der Waals surface area contributed by atoms with Crippen molar-refractivity contribution in [2.75, 3.05) is 27.8 Å². The third-order valence-electron chi connectivity index (χ3n) is 3.73. The highest BCUT2D eigenvalue weighted by Gasteiger charge is 2.23. The summed E-state index contributed by atoms with van der Waals surface area (Å²) >= 11 is 0. The third kappa shape index (κ3) is 3.39. The lowest BCUT2D eigenvalue weighted by molar-refractivity contribution is -0.139. The van der Waals surface area contributed by atoms with E-state index in [1.54, 1.807) is 7.11 Å². The maximum atomic E-state index is 11.4. The SMILES string of the molecule is COC(=O)CC1=CCN(C)C(c2cccc(OC)c2)C1. The van der Waals surface area contributed by atoms with Gasteiger partial charge in [-0.25, -0.2) is 0 Å². The first kappa shape index (κ1) is 14.6. The summed E-state index contributed by atoms with van der Waals surface area (Å²) < 4.78 is 10.0. The number of carbonyl (C=O) groups is 1. The van der Waals surface area contributed by atoms with Crippen molar-refractivity contribution in [1.29, 1.82) is 0 Å². The van der Waals surface area contributed by atoms with E-state index in [0.717, 1.165) is 24.3 Å². The molecule has 20 heavy (non-hydrogen) atoms. The number of likely N-dealkylation sites (N-methyl/N-ethyl adjacent to an activating group) is 1. The predicted molar refractivity (Wildman–Crippen MR) is 77.7 cm³/mol. The van der Waals surface area contributed by atoms with Crippen molar-refractivity contribution < 1.29 is 14.3 Å². The van der Waals surface area contributed by atoms with Gasteiger partial charge in [0.25, 0.3) is 0 Å². The van der Waals surface area contributed by atoms with E-state index < -0.39 is 0 Å². The summed E-state index contributed by atoms with van der Waals surface area (Å²) in [6.45, 7) is 0.841. The molecule has 4 heteroatoms. The minimum absolute atomic E-state index is 0.176. The molecule has 108 valence electrons. The van der Waals surface area contributed by atoms with Crippen LogP contribution in [0.3, 0.4) is 0 Å². The van der Waals surface area contributed by atoms with Crippen molar-refractivity contribution in [2.24, 2.45) is 0 Å². The van der Waals surface area contributed by atoms with Gasteiger partial charge in [0.15, 0.2) is 0 Å². The van der Waals surface area contributed by atoms with Crippen LogP contribution in [0, 0.1) is 0 Å². The van der Waals surface area contributed by atoms with E-state index in [1.807, 2.05) is 12.1 Å². The van der Waals surface area contributed by atoms with Crippen molar-refractivity contribution in [3.63, 3.8) is 0 Å². The largest absolute Gasteiger partial charge is 0.497 e. The highest BCUT2D eigenvalue weighted by Crippen LogP contribution is 2.32. The summed E-state index contributed by atoms with van der Waals surface area (Å²) in [4.78, 5) is 13.7. The van der Waals surface area contributed by atoms with Gasteiger partial charge < -0.3 is 9.47 Å². The van der Waals surface area contributed by atoms with Gasteiger partial charge in [0.05, 0.1) is 20.6 Å². The molecule has 1 aromatic rings. The number of hydrogen-bond donors (Lipinski definition) is 0. The fraction of sp³-hybridized carbons (Fsp3) is 0.438. The van der Waals surface area contributed by atoms with Gasteiger partial charge >= 0.3 is 5.97 Å². The van der Waals surface area contributed by atoms with Crippen molar-refractivity contribution in [3.8, 4) is 5.75 Å². The quantitative estimate of drug-likeness (QED) is 0.625. The molecule has 2 rings (SSSR count). The molecule has 0 bridgehead atoms. The Labute approximate surface area is 120 Å². The molecule has 1 atom stereocenters. The van der Waals surface area contributed by atoms with Crippen LogP contribution < -0.4 is 4.74 Å². The minimum Gasteiger partial charge on any atom is -0.497 e. The first-order chi connectivity index (χ1) is 9.63. The first-order valence-corrected chi connectivity index (χ1v) is 6.73. The maximum absolute atomic E-state index is 11.4. The molecule has 4 nitrogen and oxygen atoms in total. The highest BCUT2D eigenvalue weighted by atomic mass is 16.5. The average molecular weight is 275 g/mol. The lowest BCUT2D eigenvalue weighted by atomic mass is 9.92. The van der Waals surface area contributed by atoms with Crippen LogP contribution in [0.2, 0.25) is 0 Å². The van der Waals surface area contributed by atoms with E-state index in [1.165, 1.54) is 12.7 Å². The standard InChI is InChI=1S/C16H21NO3/c1-17-8-7-12(10-16(18)20-3)9-15(17)13-5-4-6-14(11-13)19-2/h4-7,11,15H,8-10H2,1-3H3. The predicted octanol–water partition coefficient (Wildman–Crippen LogP) is 2.56. The zero-order chi connectivity index (χ0) is 14.5. The number of benzene rings is 1. The number of esters is 1. The van der Waals surface area contributed by atoms with Gasteiger partial charge in [0.1, 0.15) is 5.75 Å². The Morgan fingerprint density at radius 1 is 1.40 bits per heavy atom. The van der Waals surface area contributed by atoms with Crippen LogP contribution in [0.25, 0.3) is 0 Å². The van der Waals surface area contributed by atoms with Crippen molar-refractivity contribution in [2.45, 2.75) is 18.9 Å². The van der Waals surface area contributed by atoms with Gasteiger partial charge in [-0.1, -0.05) is 23.8 Å². The zero-order valence-electron chi connectivity index (χ0n) is 12.3. The second-order valence-corrected chi connectivity index (χ2v) is 5.05. The number of rotatable bonds is 4. The molecule has 0 amide bonds. The summed E-state index contributed by atoms with van der Waals surface area (Å²) in [5.74, 6) is 0.685. The molecule has 0 saturated carbocycles. The molecule has 1 heterocycles. The van der Waals surface area contributed by atoms with Gasteiger partial charge in [-0.3, -0.25) is 9.69 Å². The second-order valence-electron chi connectivity index (χ2n) is 5.05. The first-order valence-electron chi connectivity index (χ1n) is 6.73. The lowest BCUT2D eigenvalue weighted by Crippen LogP contribution is -2.29. The zero-order valence-corrected chi connectivity index (χ0v) is 12.3. The molecule has 0 radical (unpaired) electrons. The highest BCUT2D eigenvalue weighted by molar-refractivity contribution is 5.72. The minimum atomic E-state index is -0.176. The Bertz CT molecular complexity index is 510. The number of methoxy groups -OCH3 is 2. The van der Waals surface area contributed by atoms with Crippen LogP contribution in [-0.2, 0) is 9.53 Å². The fourth-order valence-electron chi connectivity index (χ4n) is 2.51. The van der Waals surface area contributed by atoms with Crippen LogP contribution >= 0.6 is 0 Å². The molecule has 0 fully saturated rings. The van der Waals surface area contributed by atoms with Crippen LogP contribution in [0.1, 0.15) is 24.4 Å². The molecular weight excluding hydrogens is 254 g/mol. The van der Waals surface area contributed by atoms with E-state index >= 15 is 0 Å². The van der Waals surface area contributed by atoms with E-state index in [2.05, 4.69) is 30.2 Å². The molecule has 1 aliphatic heterocycles. The molecule has 1 aromatic carbocycles. The topological polar surface area (TPSA) is 38.8 Å². The molecular formula is C16H21NO3.